The second kappa shape index (κ2) is 7.30. The van der Waals surface area contributed by atoms with Crippen LogP contribution in [0.4, 0.5) is 4.39 Å². The van der Waals surface area contributed by atoms with Crippen LogP contribution < -0.4 is 0 Å². The molecule has 0 aliphatic heterocycles. The molecule has 0 bridgehead atoms. The van der Waals surface area contributed by atoms with E-state index in [0.717, 1.165) is 16.2 Å². The van der Waals surface area contributed by atoms with Gasteiger partial charge >= 0.3 is 0 Å². The Morgan fingerprint density at radius 2 is 1.77 bits per heavy atom. The van der Waals surface area contributed by atoms with Crippen molar-refractivity contribution in [1.29, 1.82) is 0 Å². The largest absolute Gasteiger partial charge is 0.313 e. The highest BCUT2D eigenvalue weighted by atomic mass is 32.2. The number of hydrogen-bond acceptors (Lipinski definition) is 3. The van der Waals surface area contributed by atoms with Crippen LogP contribution in [-0.2, 0) is 12.3 Å². The van der Waals surface area contributed by atoms with E-state index < -0.39 is 0 Å². The first-order valence-corrected chi connectivity index (χ1v) is 9.42. The van der Waals surface area contributed by atoms with E-state index in [1.165, 1.54) is 17.2 Å². The van der Waals surface area contributed by atoms with Crippen LogP contribution in [0, 0.1) is 12.7 Å². The highest BCUT2D eigenvalue weighted by Crippen LogP contribution is 2.28. The van der Waals surface area contributed by atoms with Gasteiger partial charge in [0.25, 0.3) is 0 Å². The van der Waals surface area contributed by atoms with Crippen molar-refractivity contribution in [2.45, 2.75) is 24.4 Å². The smallest absolute Gasteiger partial charge is 0.169 e. The minimum absolute atomic E-state index is 0.178. The Bertz CT molecular complexity index is 1060. The number of pyridine rings is 1. The monoisotopic (exact) mass is 363 g/mol. The number of thioether (sulfide) groups is 1. The predicted molar refractivity (Wildman–Crippen MR) is 104 cm³/mol. The van der Waals surface area contributed by atoms with Crippen LogP contribution in [0.1, 0.15) is 16.7 Å². The summed E-state index contributed by atoms with van der Waals surface area (Å²) in [4.78, 5) is 9.00. The highest BCUT2D eigenvalue weighted by molar-refractivity contribution is 7.98. The van der Waals surface area contributed by atoms with E-state index in [1.807, 2.05) is 36.5 Å². The minimum atomic E-state index is -0.178. The first-order chi connectivity index (χ1) is 12.7. The summed E-state index contributed by atoms with van der Waals surface area (Å²) in [5, 5.41) is 0.875. The first-order valence-electron chi connectivity index (χ1n) is 8.43. The van der Waals surface area contributed by atoms with Crippen molar-refractivity contribution in [3.05, 3.63) is 89.5 Å². The highest BCUT2D eigenvalue weighted by Gasteiger charge is 2.13. The Balaban J connectivity index is 1.70. The van der Waals surface area contributed by atoms with Gasteiger partial charge in [0.2, 0.25) is 0 Å². The molecule has 0 saturated carbocycles. The molecule has 0 unspecified atom stereocenters. The third-order valence-electron chi connectivity index (χ3n) is 4.42. The van der Waals surface area contributed by atoms with Crippen molar-refractivity contribution >= 4 is 22.8 Å². The zero-order valence-electron chi connectivity index (χ0n) is 14.4. The third-order valence-corrected chi connectivity index (χ3v) is 5.45. The molecule has 2 aromatic carbocycles. The van der Waals surface area contributed by atoms with Gasteiger partial charge in [0.1, 0.15) is 5.82 Å². The van der Waals surface area contributed by atoms with Crippen molar-refractivity contribution in [3.63, 3.8) is 0 Å². The molecule has 0 N–H and O–H groups in total. The summed E-state index contributed by atoms with van der Waals surface area (Å²) in [5.74, 6) is 0.361. The molecule has 0 amide bonds. The van der Waals surface area contributed by atoms with Gasteiger partial charge in [-0.1, -0.05) is 54.2 Å². The SMILES string of the molecule is Cc1ccccc1Cn1c(SCc2ccccc2F)nc2ccncc21. The molecular weight excluding hydrogens is 345 g/mol. The first kappa shape index (κ1) is 16.8. The standard InChI is InChI=1S/C21H18FN3S/c1-15-6-2-3-7-16(15)13-25-20-12-23-11-10-19(20)24-21(25)26-14-17-8-4-5-9-18(17)22/h2-12H,13-14H2,1H3. The normalized spacial score (nSPS) is 11.2. The Morgan fingerprint density at radius 3 is 2.58 bits per heavy atom. The van der Waals surface area contributed by atoms with Crippen molar-refractivity contribution in [2.24, 2.45) is 0 Å². The second-order valence-corrected chi connectivity index (χ2v) is 7.09. The Morgan fingerprint density at radius 1 is 1.00 bits per heavy atom. The molecule has 0 fully saturated rings. The summed E-state index contributed by atoms with van der Waals surface area (Å²) >= 11 is 1.55. The van der Waals surface area contributed by atoms with Gasteiger partial charge in [-0.05, 0) is 35.7 Å². The van der Waals surface area contributed by atoms with Crippen molar-refractivity contribution in [2.75, 3.05) is 0 Å². The maximum absolute atomic E-state index is 13.9. The average molecular weight is 363 g/mol. The summed E-state index contributed by atoms with van der Waals surface area (Å²) < 4.78 is 16.1. The maximum Gasteiger partial charge on any atom is 0.169 e. The van der Waals surface area contributed by atoms with E-state index in [4.69, 9.17) is 4.98 Å². The van der Waals surface area contributed by atoms with Gasteiger partial charge in [-0.2, -0.15) is 0 Å². The molecule has 0 saturated heterocycles. The summed E-state index contributed by atoms with van der Waals surface area (Å²) in [6, 6.07) is 17.1. The molecule has 4 rings (SSSR count). The lowest BCUT2D eigenvalue weighted by molar-refractivity contribution is 0.617. The summed E-state index contributed by atoms with van der Waals surface area (Å²) in [6.07, 6.45) is 3.59. The fraction of sp³-hybridized carbons (Fsp3) is 0.143. The summed E-state index contributed by atoms with van der Waals surface area (Å²) in [7, 11) is 0. The van der Waals surface area contributed by atoms with E-state index in [-0.39, 0.29) is 5.82 Å². The van der Waals surface area contributed by atoms with Gasteiger partial charge in [0.05, 0.1) is 23.8 Å². The molecule has 0 aliphatic carbocycles. The molecule has 26 heavy (non-hydrogen) atoms. The van der Waals surface area contributed by atoms with E-state index in [9.17, 15) is 4.39 Å². The van der Waals surface area contributed by atoms with E-state index >= 15 is 0 Å². The van der Waals surface area contributed by atoms with Gasteiger partial charge in [0.15, 0.2) is 5.16 Å². The number of nitrogens with zero attached hydrogens (tertiary/aromatic N) is 3. The Labute approximate surface area is 155 Å². The lowest BCUT2D eigenvalue weighted by atomic mass is 10.1. The van der Waals surface area contributed by atoms with Crippen LogP contribution in [-0.4, -0.2) is 14.5 Å². The lowest BCUT2D eigenvalue weighted by Gasteiger charge is -2.11. The average Bonchev–Trinajstić information content (AvgIpc) is 3.01. The van der Waals surface area contributed by atoms with Gasteiger partial charge in [0, 0.05) is 11.9 Å². The molecule has 5 heteroatoms. The van der Waals surface area contributed by atoms with Gasteiger partial charge < -0.3 is 4.57 Å². The van der Waals surface area contributed by atoms with E-state index in [0.29, 0.717) is 17.9 Å². The molecular formula is C21H18FN3S. The Kier molecular flexibility index (Phi) is 4.71. The van der Waals surface area contributed by atoms with Crippen LogP contribution in [0.15, 0.2) is 72.1 Å². The summed E-state index contributed by atoms with van der Waals surface area (Å²) in [6.45, 7) is 2.83. The lowest BCUT2D eigenvalue weighted by Crippen LogP contribution is -2.03. The number of halogens is 1. The van der Waals surface area contributed by atoms with Crippen LogP contribution >= 0.6 is 11.8 Å². The van der Waals surface area contributed by atoms with Gasteiger partial charge in [-0.25, -0.2) is 9.37 Å². The molecule has 2 aromatic heterocycles. The summed E-state index contributed by atoms with van der Waals surface area (Å²) in [5.41, 5.74) is 5.06. The van der Waals surface area contributed by atoms with E-state index in [1.54, 1.807) is 24.0 Å². The van der Waals surface area contributed by atoms with Crippen LogP contribution in [0.3, 0.4) is 0 Å². The fourth-order valence-electron chi connectivity index (χ4n) is 2.93. The number of hydrogen-bond donors (Lipinski definition) is 0. The van der Waals surface area contributed by atoms with Crippen molar-refractivity contribution in [3.8, 4) is 0 Å². The molecule has 0 spiro atoms. The molecule has 2 heterocycles. The fourth-order valence-corrected chi connectivity index (χ4v) is 3.93. The van der Waals surface area contributed by atoms with Crippen LogP contribution in [0.5, 0.6) is 0 Å². The van der Waals surface area contributed by atoms with Crippen molar-refractivity contribution in [1.82, 2.24) is 14.5 Å². The molecule has 130 valence electrons. The van der Waals surface area contributed by atoms with Crippen molar-refractivity contribution < 1.29 is 4.39 Å². The predicted octanol–water partition coefficient (Wildman–Crippen LogP) is 5.22. The molecule has 0 atom stereocenters. The molecule has 0 aliphatic rings. The number of rotatable bonds is 5. The number of benzene rings is 2. The quantitative estimate of drug-likeness (QED) is 0.456. The van der Waals surface area contributed by atoms with Crippen LogP contribution in [0.25, 0.3) is 11.0 Å². The third kappa shape index (κ3) is 3.35. The molecule has 0 radical (unpaired) electrons. The second-order valence-electron chi connectivity index (χ2n) is 6.15. The number of imidazole rings is 1. The van der Waals surface area contributed by atoms with Gasteiger partial charge in [-0.3, -0.25) is 4.98 Å². The Hall–Kier alpha value is -2.66. The molecule has 3 nitrogen and oxygen atoms in total. The zero-order chi connectivity index (χ0) is 17.9. The van der Waals surface area contributed by atoms with Crippen LogP contribution in [0.2, 0.25) is 0 Å². The number of fused-ring (bicyclic) bond motifs is 1. The maximum atomic E-state index is 13.9. The number of aromatic nitrogens is 3. The zero-order valence-corrected chi connectivity index (χ0v) is 15.2. The number of aryl methyl sites for hydroxylation is 1. The van der Waals surface area contributed by atoms with Gasteiger partial charge in [-0.15, -0.1) is 0 Å². The minimum Gasteiger partial charge on any atom is -0.313 e. The molecule has 4 aromatic rings. The topological polar surface area (TPSA) is 30.7 Å². The van der Waals surface area contributed by atoms with E-state index in [2.05, 4.69) is 28.6 Å².